The molecule has 1 unspecified atom stereocenters. The number of amides is 1. The van der Waals surface area contributed by atoms with Gasteiger partial charge in [-0.25, -0.2) is 0 Å². The Morgan fingerprint density at radius 2 is 2.08 bits per heavy atom. The van der Waals surface area contributed by atoms with E-state index < -0.39 is 0 Å². The van der Waals surface area contributed by atoms with Crippen LogP contribution in [0.5, 0.6) is 5.75 Å². The third kappa shape index (κ3) is 3.86. The van der Waals surface area contributed by atoms with E-state index in [9.17, 15) is 4.79 Å². The highest BCUT2D eigenvalue weighted by molar-refractivity contribution is 5.84. The van der Waals surface area contributed by atoms with Gasteiger partial charge in [-0.3, -0.25) is 9.69 Å². The first-order valence-electron chi connectivity index (χ1n) is 8.32. The van der Waals surface area contributed by atoms with Gasteiger partial charge in [0.25, 0.3) is 0 Å². The summed E-state index contributed by atoms with van der Waals surface area (Å²) in [7, 11) is 3.35. The molecule has 1 N–H and O–H groups in total. The lowest BCUT2D eigenvalue weighted by Crippen LogP contribution is -2.40. The van der Waals surface area contributed by atoms with Crippen molar-refractivity contribution in [2.75, 3.05) is 40.4 Å². The van der Waals surface area contributed by atoms with Crippen LogP contribution < -0.4 is 10.1 Å². The maximum Gasteiger partial charge on any atom is 0.221 e. The van der Waals surface area contributed by atoms with Gasteiger partial charge in [0.1, 0.15) is 5.75 Å². The van der Waals surface area contributed by atoms with Gasteiger partial charge in [0.15, 0.2) is 0 Å². The summed E-state index contributed by atoms with van der Waals surface area (Å²) in [5.41, 5.74) is 1.18. The molecule has 1 saturated heterocycles. The summed E-state index contributed by atoms with van der Waals surface area (Å²) in [5, 5.41) is 5.01. The lowest BCUT2D eigenvalue weighted by atomic mass is 10.0. The molecule has 1 fully saturated rings. The lowest BCUT2D eigenvalue weighted by molar-refractivity contribution is -0.121. The molecule has 24 heavy (non-hydrogen) atoms. The number of nitrogens with zero attached hydrogens (tertiary/aromatic N) is 1. The summed E-state index contributed by atoms with van der Waals surface area (Å²) in [6.45, 7) is 3.15. The number of hydrogen-bond acceptors (Lipinski definition) is 4. The maximum atomic E-state index is 11.4. The van der Waals surface area contributed by atoms with Gasteiger partial charge in [0, 0.05) is 33.1 Å². The molecule has 3 rings (SSSR count). The van der Waals surface area contributed by atoms with Crippen LogP contribution in [0.2, 0.25) is 0 Å². The zero-order valence-corrected chi connectivity index (χ0v) is 14.2. The Hall–Kier alpha value is -2.11. The molecule has 0 spiro atoms. The molecule has 2 aromatic carbocycles. The van der Waals surface area contributed by atoms with Crippen LogP contribution >= 0.6 is 0 Å². The number of carbonyl (C=O) groups is 1. The fraction of sp³-hybridized carbons (Fsp3) is 0.421. The molecule has 5 nitrogen and oxygen atoms in total. The van der Waals surface area contributed by atoms with E-state index in [-0.39, 0.29) is 12.0 Å². The Kier molecular flexibility index (Phi) is 5.33. The fourth-order valence-corrected chi connectivity index (χ4v) is 3.06. The Bertz CT molecular complexity index is 717. The largest absolute Gasteiger partial charge is 0.497 e. The quantitative estimate of drug-likeness (QED) is 0.915. The molecule has 1 aliphatic heterocycles. The number of nitrogens with one attached hydrogen (secondary N) is 1. The van der Waals surface area contributed by atoms with Crippen LogP contribution in [-0.2, 0) is 9.53 Å². The molecule has 0 saturated carbocycles. The van der Waals surface area contributed by atoms with Crippen molar-refractivity contribution >= 4 is 16.7 Å². The average Bonchev–Trinajstić information content (AvgIpc) is 2.65. The fourth-order valence-electron chi connectivity index (χ4n) is 3.06. The molecule has 0 bridgehead atoms. The van der Waals surface area contributed by atoms with Gasteiger partial charge in [-0.05, 0) is 34.5 Å². The summed E-state index contributed by atoms with van der Waals surface area (Å²) >= 11 is 0. The van der Waals surface area contributed by atoms with Gasteiger partial charge in [-0.15, -0.1) is 0 Å². The zero-order valence-electron chi connectivity index (χ0n) is 14.2. The number of methoxy groups -OCH3 is 1. The number of fused-ring (bicyclic) bond motifs is 1. The Labute approximate surface area is 142 Å². The topological polar surface area (TPSA) is 50.8 Å². The maximum absolute atomic E-state index is 11.4. The SMILES string of the molecule is CNC(=O)CCN1CCOC(c2ccc3cc(OC)ccc3c2)C1. The van der Waals surface area contributed by atoms with Crippen molar-refractivity contribution in [1.29, 1.82) is 0 Å². The Morgan fingerprint density at radius 1 is 1.29 bits per heavy atom. The van der Waals surface area contributed by atoms with Crippen molar-refractivity contribution in [1.82, 2.24) is 10.2 Å². The first-order chi connectivity index (χ1) is 11.7. The number of ether oxygens (including phenoxy) is 2. The Morgan fingerprint density at radius 3 is 2.88 bits per heavy atom. The first-order valence-corrected chi connectivity index (χ1v) is 8.32. The van der Waals surface area contributed by atoms with Crippen LogP contribution in [-0.4, -0.2) is 51.2 Å². The van der Waals surface area contributed by atoms with E-state index in [1.54, 1.807) is 14.2 Å². The van der Waals surface area contributed by atoms with Crippen LogP contribution in [0.15, 0.2) is 36.4 Å². The van der Waals surface area contributed by atoms with Crippen LogP contribution in [0.1, 0.15) is 18.1 Å². The minimum Gasteiger partial charge on any atom is -0.497 e. The summed E-state index contributed by atoms with van der Waals surface area (Å²) < 4.78 is 11.2. The molecule has 1 atom stereocenters. The zero-order chi connectivity index (χ0) is 16.9. The van der Waals surface area contributed by atoms with Gasteiger partial charge in [-0.1, -0.05) is 18.2 Å². The molecule has 5 heteroatoms. The molecule has 128 valence electrons. The minimum atomic E-state index is 0.0509. The smallest absolute Gasteiger partial charge is 0.221 e. The van der Waals surface area contributed by atoms with E-state index in [0.29, 0.717) is 13.0 Å². The predicted octanol–water partition coefficient (Wildman–Crippen LogP) is 2.36. The van der Waals surface area contributed by atoms with Crippen molar-refractivity contribution in [3.05, 3.63) is 42.0 Å². The molecule has 1 heterocycles. The normalized spacial score (nSPS) is 18.5. The van der Waals surface area contributed by atoms with Gasteiger partial charge in [0.2, 0.25) is 5.91 Å². The molecule has 2 aromatic rings. The number of carbonyl (C=O) groups excluding carboxylic acids is 1. The first kappa shape index (κ1) is 16.7. The van der Waals surface area contributed by atoms with Gasteiger partial charge in [0.05, 0.1) is 19.8 Å². The highest BCUT2D eigenvalue weighted by atomic mass is 16.5. The highest BCUT2D eigenvalue weighted by Crippen LogP contribution is 2.27. The summed E-state index contributed by atoms with van der Waals surface area (Å²) in [5.74, 6) is 0.947. The second-order valence-electron chi connectivity index (χ2n) is 6.06. The van der Waals surface area contributed by atoms with Crippen molar-refractivity contribution in [3.8, 4) is 5.75 Å². The molecule has 0 radical (unpaired) electrons. The predicted molar refractivity (Wildman–Crippen MR) is 94.3 cm³/mol. The van der Waals surface area contributed by atoms with Crippen molar-refractivity contribution in [2.45, 2.75) is 12.5 Å². The van der Waals surface area contributed by atoms with E-state index in [1.165, 1.54) is 10.9 Å². The standard InChI is InChI=1S/C19H24N2O3/c1-20-19(22)7-8-21-9-10-24-18(13-21)16-4-3-15-12-17(23-2)6-5-14(15)11-16/h3-6,11-12,18H,7-10,13H2,1-2H3,(H,20,22). The van der Waals surface area contributed by atoms with E-state index in [0.717, 1.165) is 30.8 Å². The van der Waals surface area contributed by atoms with Crippen LogP contribution in [0.4, 0.5) is 0 Å². The van der Waals surface area contributed by atoms with E-state index in [1.807, 2.05) is 12.1 Å². The van der Waals surface area contributed by atoms with Gasteiger partial charge < -0.3 is 14.8 Å². The van der Waals surface area contributed by atoms with Crippen LogP contribution in [0.25, 0.3) is 10.8 Å². The second-order valence-corrected chi connectivity index (χ2v) is 6.06. The molecule has 1 amide bonds. The minimum absolute atomic E-state index is 0.0509. The molecule has 0 aromatic heterocycles. The molecular formula is C19H24N2O3. The number of morpholine rings is 1. The summed E-state index contributed by atoms with van der Waals surface area (Å²) in [6.07, 6.45) is 0.579. The van der Waals surface area contributed by atoms with Gasteiger partial charge >= 0.3 is 0 Å². The highest BCUT2D eigenvalue weighted by Gasteiger charge is 2.22. The van der Waals surface area contributed by atoms with E-state index in [2.05, 4.69) is 34.5 Å². The molecule has 1 aliphatic rings. The molecule has 0 aliphatic carbocycles. The number of rotatable bonds is 5. The second kappa shape index (κ2) is 7.64. The van der Waals surface area contributed by atoms with Crippen LogP contribution in [0.3, 0.4) is 0 Å². The lowest BCUT2D eigenvalue weighted by Gasteiger charge is -2.33. The summed E-state index contributed by atoms with van der Waals surface area (Å²) in [6, 6.07) is 12.5. The van der Waals surface area contributed by atoms with Crippen molar-refractivity contribution < 1.29 is 14.3 Å². The van der Waals surface area contributed by atoms with Crippen molar-refractivity contribution in [2.24, 2.45) is 0 Å². The third-order valence-electron chi connectivity index (χ3n) is 4.53. The number of hydrogen-bond donors (Lipinski definition) is 1. The van der Waals surface area contributed by atoms with E-state index >= 15 is 0 Å². The monoisotopic (exact) mass is 328 g/mol. The van der Waals surface area contributed by atoms with Crippen LogP contribution in [0, 0.1) is 0 Å². The third-order valence-corrected chi connectivity index (χ3v) is 4.53. The van der Waals surface area contributed by atoms with E-state index in [4.69, 9.17) is 9.47 Å². The average molecular weight is 328 g/mol. The van der Waals surface area contributed by atoms with Crippen molar-refractivity contribution in [3.63, 3.8) is 0 Å². The summed E-state index contributed by atoms with van der Waals surface area (Å²) in [4.78, 5) is 13.7. The number of benzene rings is 2. The van der Waals surface area contributed by atoms with Gasteiger partial charge in [-0.2, -0.15) is 0 Å². The Balaban J connectivity index is 1.71. The molecular weight excluding hydrogens is 304 g/mol.